The van der Waals surface area contributed by atoms with Crippen LogP contribution in [0.1, 0.15) is 13.3 Å². The second-order valence-electron chi connectivity index (χ2n) is 6.82. The van der Waals surface area contributed by atoms with E-state index in [9.17, 15) is 0 Å². The molecule has 1 fully saturated rings. The van der Waals surface area contributed by atoms with Crippen molar-refractivity contribution in [2.24, 2.45) is 4.99 Å². The number of fused-ring (bicyclic) bond motifs is 1. The molecule has 0 unspecified atom stereocenters. The van der Waals surface area contributed by atoms with Crippen LogP contribution in [0.5, 0.6) is 5.75 Å². The maximum atomic E-state index is 5.99. The summed E-state index contributed by atoms with van der Waals surface area (Å²) in [5.41, 5.74) is 0. The van der Waals surface area contributed by atoms with Crippen molar-refractivity contribution >= 4 is 16.7 Å². The van der Waals surface area contributed by atoms with Crippen LogP contribution in [0.25, 0.3) is 10.8 Å². The molecule has 3 rings (SSSR count). The molecule has 2 N–H and O–H groups in total. The lowest BCUT2D eigenvalue weighted by atomic mass is 10.1. The summed E-state index contributed by atoms with van der Waals surface area (Å²) in [4.78, 5) is 7.12. The summed E-state index contributed by atoms with van der Waals surface area (Å²) in [5, 5.41) is 9.00. The number of hydrogen-bond acceptors (Lipinski definition) is 4. The van der Waals surface area contributed by atoms with E-state index in [2.05, 4.69) is 45.6 Å². The molecule has 0 radical (unpaired) electrons. The van der Waals surface area contributed by atoms with Crippen LogP contribution in [0.15, 0.2) is 47.5 Å². The zero-order valence-corrected chi connectivity index (χ0v) is 16.8. The summed E-state index contributed by atoms with van der Waals surface area (Å²) in [7, 11) is 0. The average Bonchev–Trinajstić information content (AvgIpc) is 2.75. The van der Waals surface area contributed by atoms with Gasteiger partial charge in [-0.1, -0.05) is 36.4 Å². The van der Waals surface area contributed by atoms with Crippen molar-refractivity contribution in [2.75, 3.05) is 59.1 Å². The molecule has 152 valence electrons. The Kier molecular flexibility index (Phi) is 8.40. The van der Waals surface area contributed by atoms with Gasteiger partial charge in [0.2, 0.25) is 0 Å². The quantitative estimate of drug-likeness (QED) is 0.395. The predicted molar refractivity (Wildman–Crippen MR) is 115 cm³/mol. The largest absolute Gasteiger partial charge is 0.491 e. The Morgan fingerprint density at radius 2 is 1.93 bits per heavy atom. The number of benzene rings is 2. The van der Waals surface area contributed by atoms with E-state index in [4.69, 9.17) is 9.47 Å². The third-order valence-corrected chi connectivity index (χ3v) is 4.75. The fourth-order valence-electron chi connectivity index (χ4n) is 3.30. The summed E-state index contributed by atoms with van der Waals surface area (Å²) < 4.78 is 11.4. The van der Waals surface area contributed by atoms with E-state index in [-0.39, 0.29) is 0 Å². The van der Waals surface area contributed by atoms with E-state index in [0.29, 0.717) is 13.2 Å². The predicted octanol–water partition coefficient (Wildman–Crippen LogP) is 2.50. The highest BCUT2D eigenvalue weighted by Gasteiger charge is 2.09. The van der Waals surface area contributed by atoms with Gasteiger partial charge in [0.1, 0.15) is 12.4 Å². The summed E-state index contributed by atoms with van der Waals surface area (Å²) in [6, 6.07) is 14.4. The van der Waals surface area contributed by atoms with E-state index < -0.39 is 0 Å². The minimum Gasteiger partial charge on any atom is -0.491 e. The van der Waals surface area contributed by atoms with Crippen LogP contribution in [0, 0.1) is 0 Å². The lowest BCUT2D eigenvalue weighted by molar-refractivity contribution is 0.0377. The molecule has 0 spiro atoms. The van der Waals surface area contributed by atoms with Gasteiger partial charge < -0.3 is 20.1 Å². The summed E-state index contributed by atoms with van der Waals surface area (Å²) in [6.07, 6.45) is 1.06. The highest BCUT2D eigenvalue weighted by molar-refractivity contribution is 5.88. The van der Waals surface area contributed by atoms with E-state index >= 15 is 0 Å². The first-order valence-electron chi connectivity index (χ1n) is 10.3. The Morgan fingerprint density at radius 3 is 2.79 bits per heavy atom. The molecule has 0 atom stereocenters. The fourth-order valence-corrected chi connectivity index (χ4v) is 3.30. The van der Waals surface area contributed by atoms with Crippen LogP contribution >= 0.6 is 0 Å². The van der Waals surface area contributed by atoms with Crippen molar-refractivity contribution in [2.45, 2.75) is 13.3 Å². The second-order valence-corrected chi connectivity index (χ2v) is 6.82. The van der Waals surface area contributed by atoms with Crippen molar-refractivity contribution in [3.8, 4) is 5.75 Å². The first kappa shape index (κ1) is 20.4. The zero-order valence-electron chi connectivity index (χ0n) is 16.8. The van der Waals surface area contributed by atoms with Crippen LogP contribution in [0.3, 0.4) is 0 Å². The third-order valence-electron chi connectivity index (χ3n) is 4.75. The smallest absolute Gasteiger partial charge is 0.191 e. The van der Waals surface area contributed by atoms with Gasteiger partial charge in [-0.2, -0.15) is 0 Å². The van der Waals surface area contributed by atoms with Crippen molar-refractivity contribution in [3.05, 3.63) is 42.5 Å². The van der Waals surface area contributed by atoms with Gasteiger partial charge in [0, 0.05) is 38.1 Å². The van der Waals surface area contributed by atoms with Crippen molar-refractivity contribution in [1.82, 2.24) is 15.5 Å². The Balaban J connectivity index is 1.40. The summed E-state index contributed by atoms with van der Waals surface area (Å²) >= 11 is 0. The molecule has 2 aromatic rings. The van der Waals surface area contributed by atoms with E-state index in [1.54, 1.807) is 0 Å². The normalized spacial score (nSPS) is 15.5. The van der Waals surface area contributed by atoms with Crippen LogP contribution in [0.4, 0.5) is 0 Å². The van der Waals surface area contributed by atoms with Crippen molar-refractivity contribution in [1.29, 1.82) is 0 Å². The van der Waals surface area contributed by atoms with E-state index in [1.807, 2.05) is 24.3 Å². The average molecular weight is 385 g/mol. The third kappa shape index (κ3) is 6.39. The molecule has 2 aromatic carbocycles. The summed E-state index contributed by atoms with van der Waals surface area (Å²) in [6.45, 7) is 9.89. The molecule has 0 aliphatic carbocycles. The minimum absolute atomic E-state index is 0.589. The number of rotatable bonds is 9. The first-order valence-corrected chi connectivity index (χ1v) is 10.3. The summed E-state index contributed by atoms with van der Waals surface area (Å²) in [5.74, 6) is 1.78. The molecule has 1 aliphatic rings. The minimum atomic E-state index is 0.589. The second kappa shape index (κ2) is 11.5. The molecule has 1 heterocycles. The highest BCUT2D eigenvalue weighted by Crippen LogP contribution is 2.24. The van der Waals surface area contributed by atoms with Crippen LogP contribution in [-0.2, 0) is 4.74 Å². The number of ether oxygens (including phenoxy) is 2. The standard InChI is InChI=1S/C22H32N4O2/c1-2-23-22(24-11-6-13-26-14-17-27-18-15-26)25-12-16-28-21-10-5-8-19-7-3-4-9-20(19)21/h3-5,7-10H,2,6,11-18H2,1H3,(H2,23,24,25). The van der Waals surface area contributed by atoms with E-state index in [1.165, 1.54) is 5.39 Å². The molecular formula is C22H32N4O2. The van der Waals surface area contributed by atoms with Crippen molar-refractivity contribution in [3.63, 3.8) is 0 Å². The lowest BCUT2D eigenvalue weighted by Crippen LogP contribution is -2.40. The molecule has 28 heavy (non-hydrogen) atoms. The zero-order chi connectivity index (χ0) is 19.4. The lowest BCUT2D eigenvalue weighted by Gasteiger charge is -2.26. The van der Waals surface area contributed by atoms with Gasteiger partial charge >= 0.3 is 0 Å². The fraction of sp³-hybridized carbons (Fsp3) is 0.500. The van der Waals surface area contributed by atoms with Crippen LogP contribution in [0.2, 0.25) is 0 Å². The number of nitrogens with zero attached hydrogens (tertiary/aromatic N) is 2. The highest BCUT2D eigenvalue weighted by atomic mass is 16.5. The van der Waals surface area contributed by atoms with Crippen LogP contribution < -0.4 is 15.4 Å². The van der Waals surface area contributed by atoms with E-state index in [0.717, 1.165) is 69.5 Å². The topological polar surface area (TPSA) is 58.1 Å². The van der Waals surface area contributed by atoms with Gasteiger partial charge in [0.25, 0.3) is 0 Å². The number of morpholine rings is 1. The molecule has 6 nitrogen and oxygen atoms in total. The Labute approximate surface area is 167 Å². The maximum absolute atomic E-state index is 5.99. The Bertz CT molecular complexity index is 739. The Morgan fingerprint density at radius 1 is 1.11 bits per heavy atom. The molecule has 0 saturated carbocycles. The Hall–Kier alpha value is -2.31. The number of nitrogens with one attached hydrogen (secondary N) is 2. The van der Waals surface area contributed by atoms with Gasteiger partial charge in [-0.3, -0.25) is 9.89 Å². The van der Waals surface area contributed by atoms with Gasteiger partial charge in [-0.05, 0) is 24.8 Å². The van der Waals surface area contributed by atoms with Gasteiger partial charge in [-0.15, -0.1) is 0 Å². The van der Waals surface area contributed by atoms with Crippen molar-refractivity contribution < 1.29 is 9.47 Å². The SMILES string of the molecule is CCNC(=NCCCN1CCOCC1)NCCOc1cccc2ccccc12. The monoisotopic (exact) mass is 384 g/mol. The molecule has 0 aromatic heterocycles. The number of aliphatic imine (C=N–C) groups is 1. The molecule has 0 amide bonds. The number of hydrogen-bond donors (Lipinski definition) is 2. The number of guanidine groups is 1. The van der Waals surface area contributed by atoms with Gasteiger partial charge in [-0.25, -0.2) is 0 Å². The van der Waals surface area contributed by atoms with Crippen LogP contribution in [-0.4, -0.2) is 69.9 Å². The maximum Gasteiger partial charge on any atom is 0.191 e. The first-order chi connectivity index (χ1) is 13.9. The molecule has 6 heteroatoms. The molecule has 1 saturated heterocycles. The van der Waals surface area contributed by atoms with Gasteiger partial charge in [0.05, 0.1) is 19.8 Å². The molecule has 0 bridgehead atoms. The van der Waals surface area contributed by atoms with Gasteiger partial charge in [0.15, 0.2) is 5.96 Å². The molecular weight excluding hydrogens is 352 g/mol. The molecule has 1 aliphatic heterocycles.